The van der Waals surface area contributed by atoms with Crippen molar-refractivity contribution in [1.82, 2.24) is 19.1 Å². The lowest BCUT2D eigenvalue weighted by Crippen LogP contribution is -2.37. The predicted octanol–water partition coefficient (Wildman–Crippen LogP) is 14.5. The van der Waals surface area contributed by atoms with Crippen molar-refractivity contribution >= 4 is 43.6 Å². The molecule has 9 aromatic carbocycles. The summed E-state index contributed by atoms with van der Waals surface area (Å²) in [5.41, 5.74) is 15.7. The first kappa shape index (κ1) is 35.1. The van der Waals surface area contributed by atoms with Crippen LogP contribution in [0.15, 0.2) is 218 Å². The van der Waals surface area contributed by atoms with Gasteiger partial charge in [-0.15, -0.1) is 0 Å². The monoisotopic (exact) mass is 816 g/mol. The van der Waals surface area contributed by atoms with Crippen LogP contribution in [0, 0.1) is 0 Å². The average molecular weight is 817 g/mol. The Morgan fingerprint density at radius 1 is 0.359 bits per heavy atom. The number of rotatable bonds is 4. The topological polar surface area (TPSA) is 44.9 Å². The highest BCUT2D eigenvalue weighted by Crippen LogP contribution is 2.61. The minimum absolute atomic E-state index is 0.667. The molecule has 1 atom stereocenters. The van der Waals surface area contributed by atoms with Crippen molar-refractivity contribution in [3.05, 3.63) is 241 Å². The van der Waals surface area contributed by atoms with E-state index in [-0.39, 0.29) is 0 Å². The second kappa shape index (κ2) is 13.2. The summed E-state index contributed by atoms with van der Waals surface area (Å²) >= 11 is 0. The Morgan fingerprint density at radius 2 is 0.938 bits per heavy atom. The lowest BCUT2D eigenvalue weighted by Gasteiger charge is -2.45. The maximum absolute atomic E-state index is 7.12. The molecule has 0 amide bonds. The van der Waals surface area contributed by atoms with Crippen molar-refractivity contribution in [2.24, 2.45) is 0 Å². The third-order valence-corrected chi connectivity index (χ3v) is 13.6. The van der Waals surface area contributed by atoms with Crippen LogP contribution in [0.25, 0.3) is 88.9 Å². The number of para-hydroxylation sites is 5. The second-order valence-electron chi connectivity index (χ2n) is 16.9. The number of aromatic nitrogens is 4. The summed E-state index contributed by atoms with van der Waals surface area (Å²) in [5, 5.41) is 4.83. The number of fused-ring (bicyclic) bond motifs is 14. The van der Waals surface area contributed by atoms with E-state index in [1.807, 2.05) is 12.1 Å². The maximum atomic E-state index is 7.12. The molecule has 0 N–H and O–H groups in total. The number of hydrogen-bond donors (Lipinski definition) is 0. The molecule has 0 fully saturated rings. The van der Waals surface area contributed by atoms with Crippen LogP contribution in [0.3, 0.4) is 0 Å². The van der Waals surface area contributed by atoms with Crippen LogP contribution >= 0.6 is 0 Å². The predicted molar refractivity (Wildman–Crippen MR) is 259 cm³/mol. The molecule has 64 heavy (non-hydrogen) atoms. The van der Waals surface area contributed by atoms with E-state index in [2.05, 4.69) is 215 Å². The van der Waals surface area contributed by atoms with Crippen molar-refractivity contribution in [2.45, 2.75) is 5.41 Å². The highest BCUT2D eigenvalue weighted by atomic mass is 16.5. The van der Waals surface area contributed by atoms with E-state index in [0.29, 0.717) is 5.82 Å². The van der Waals surface area contributed by atoms with Gasteiger partial charge in [0, 0.05) is 61.1 Å². The fourth-order valence-corrected chi connectivity index (χ4v) is 10.9. The molecule has 2 aliphatic rings. The second-order valence-corrected chi connectivity index (χ2v) is 16.9. The normalized spacial score (nSPS) is 14.8. The van der Waals surface area contributed by atoms with Crippen LogP contribution in [-0.2, 0) is 5.41 Å². The molecular weight excluding hydrogens is 781 g/mol. The molecule has 5 heteroatoms. The summed E-state index contributed by atoms with van der Waals surface area (Å²) in [5.74, 6) is 2.37. The number of ether oxygens (including phenoxy) is 1. The van der Waals surface area contributed by atoms with Gasteiger partial charge in [-0.25, -0.2) is 9.97 Å². The molecule has 14 rings (SSSR count). The van der Waals surface area contributed by atoms with E-state index < -0.39 is 5.41 Å². The third-order valence-electron chi connectivity index (χ3n) is 13.6. The Bertz CT molecular complexity index is 3830. The van der Waals surface area contributed by atoms with Gasteiger partial charge >= 0.3 is 0 Å². The SMILES string of the molecule is c1ccc(-c2cc(-c3ccccc3)nc(-c3cccc(-n4c5ccccc5c5cc6c(cc54)Oc4ccccc4C64c5ccccc5-n5c6ccccc6c6cccc4c65)c3)n2)cc1. The van der Waals surface area contributed by atoms with Gasteiger partial charge in [-0.2, -0.15) is 0 Å². The zero-order valence-electron chi connectivity index (χ0n) is 34.5. The van der Waals surface area contributed by atoms with Crippen molar-refractivity contribution in [1.29, 1.82) is 0 Å². The molecule has 5 heterocycles. The van der Waals surface area contributed by atoms with Crippen LogP contribution in [0.2, 0.25) is 0 Å². The first-order chi connectivity index (χ1) is 31.7. The third kappa shape index (κ3) is 4.78. The molecule has 298 valence electrons. The Balaban J connectivity index is 1.03. The van der Waals surface area contributed by atoms with Crippen molar-refractivity contribution in [3.8, 4) is 56.8 Å². The van der Waals surface area contributed by atoms with E-state index in [0.717, 1.165) is 72.8 Å². The molecule has 0 aliphatic carbocycles. The summed E-state index contributed by atoms with van der Waals surface area (Å²) < 4.78 is 12.0. The Labute approximate surface area is 368 Å². The average Bonchev–Trinajstić information content (AvgIpc) is 3.88. The molecule has 0 bridgehead atoms. The molecule has 1 spiro atoms. The molecule has 1 unspecified atom stereocenters. The molecule has 5 nitrogen and oxygen atoms in total. The summed E-state index contributed by atoms with van der Waals surface area (Å²) in [4.78, 5) is 10.4. The van der Waals surface area contributed by atoms with Gasteiger partial charge < -0.3 is 13.9 Å². The fourth-order valence-electron chi connectivity index (χ4n) is 10.9. The number of benzene rings is 9. The lowest BCUT2D eigenvalue weighted by molar-refractivity contribution is 0.434. The molecule has 12 aromatic rings. The smallest absolute Gasteiger partial charge is 0.160 e. The zero-order chi connectivity index (χ0) is 41.9. The quantitative estimate of drug-likeness (QED) is 0.178. The molecule has 0 radical (unpaired) electrons. The molecule has 2 aliphatic heterocycles. The molecule has 3 aromatic heterocycles. The summed E-state index contributed by atoms with van der Waals surface area (Å²) in [6.45, 7) is 0. The largest absolute Gasteiger partial charge is 0.457 e. The standard InChI is InChI=1S/C59H36N4O/c1-3-17-37(18-4-1)49-35-50(38-19-5-2-6-20-38)61-58(60-49)39-21-15-22-40(33-39)62-51-29-11-8-24-42(51)44-34-48-56(36-54(44)62)64-55-32-14-10-27-46(55)59(48)45-26-9-13-31-53(45)63-52-30-12-7-23-41(52)43-25-16-28-47(59)57(43)63/h1-36H. The van der Waals surface area contributed by atoms with E-state index in [4.69, 9.17) is 14.7 Å². The van der Waals surface area contributed by atoms with Crippen molar-refractivity contribution in [2.75, 3.05) is 0 Å². The minimum atomic E-state index is -0.667. The van der Waals surface area contributed by atoms with Gasteiger partial charge in [-0.3, -0.25) is 0 Å². The summed E-state index contributed by atoms with van der Waals surface area (Å²) in [7, 11) is 0. The maximum Gasteiger partial charge on any atom is 0.160 e. The van der Waals surface area contributed by atoms with E-state index >= 15 is 0 Å². The van der Waals surface area contributed by atoms with Gasteiger partial charge in [0.25, 0.3) is 0 Å². The van der Waals surface area contributed by atoms with Gasteiger partial charge in [-0.1, -0.05) is 164 Å². The molecule has 0 saturated carbocycles. The van der Waals surface area contributed by atoms with Gasteiger partial charge in [0.15, 0.2) is 5.82 Å². The van der Waals surface area contributed by atoms with Gasteiger partial charge in [0.2, 0.25) is 0 Å². The highest BCUT2D eigenvalue weighted by Gasteiger charge is 2.50. The Morgan fingerprint density at radius 3 is 1.70 bits per heavy atom. The highest BCUT2D eigenvalue weighted by molar-refractivity contribution is 6.13. The first-order valence-electron chi connectivity index (χ1n) is 21.8. The van der Waals surface area contributed by atoms with Crippen LogP contribution in [0.4, 0.5) is 0 Å². The van der Waals surface area contributed by atoms with E-state index in [9.17, 15) is 0 Å². The number of hydrogen-bond acceptors (Lipinski definition) is 3. The van der Waals surface area contributed by atoms with Crippen LogP contribution in [0.1, 0.15) is 22.3 Å². The van der Waals surface area contributed by atoms with E-state index in [1.165, 1.54) is 44.0 Å². The summed E-state index contributed by atoms with van der Waals surface area (Å²) in [6.07, 6.45) is 0. The van der Waals surface area contributed by atoms with Gasteiger partial charge in [0.1, 0.15) is 11.5 Å². The van der Waals surface area contributed by atoms with Crippen molar-refractivity contribution < 1.29 is 4.74 Å². The number of nitrogens with zero attached hydrogens (tertiary/aromatic N) is 4. The van der Waals surface area contributed by atoms with Crippen molar-refractivity contribution in [3.63, 3.8) is 0 Å². The lowest BCUT2D eigenvalue weighted by atomic mass is 9.61. The first-order valence-corrected chi connectivity index (χ1v) is 21.8. The van der Waals surface area contributed by atoms with Crippen LogP contribution in [-0.4, -0.2) is 19.1 Å². The molecular formula is C59H36N4O. The summed E-state index contributed by atoms with van der Waals surface area (Å²) in [6, 6.07) is 78.2. The van der Waals surface area contributed by atoms with E-state index in [1.54, 1.807) is 0 Å². The zero-order valence-corrected chi connectivity index (χ0v) is 34.5. The molecule has 0 saturated heterocycles. The Hall–Kier alpha value is -8.54. The van der Waals surface area contributed by atoms with Crippen LogP contribution in [0.5, 0.6) is 11.5 Å². The Kier molecular flexibility index (Phi) is 7.26. The van der Waals surface area contributed by atoms with Crippen LogP contribution < -0.4 is 4.74 Å². The minimum Gasteiger partial charge on any atom is -0.457 e. The fraction of sp³-hybridized carbons (Fsp3) is 0.0169. The van der Waals surface area contributed by atoms with Gasteiger partial charge in [-0.05, 0) is 59.7 Å². The van der Waals surface area contributed by atoms with Gasteiger partial charge in [0.05, 0.1) is 44.6 Å².